The van der Waals surface area contributed by atoms with E-state index in [1.54, 1.807) is 24.3 Å². The van der Waals surface area contributed by atoms with Gasteiger partial charge in [-0.3, -0.25) is 4.79 Å². The number of nitrogens with one attached hydrogen (secondary N) is 2. The first-order chi connectivity index (χ1) is 14.3. The van der Waals surface area contributed by atoms with Crippen molar-refractivity contribution in [2.45, 2.75) is 0 Å². The number of aromatic nitrogens is 1. The normalized spacial score (nSPS) is 18.9. The van der Waals surface area contributed by atoms with Gasteiger partial charge in [0.05, 0.1) is 0 Å². The number of aromatic amines is 1. The third-order valence-electron chi connectivity index (χ3n) is 3.92. The van der Waals surface area contributed by atoms with E-state index in [0.717, 1.165) is 40.7 Å². The Hall–Kier alpha value is -3.71. The molecule has 146 valence electrons. The van der Waals surface area contributed by atoms with Crippen LogP contribution in [0, 0.1) is 6.08 Å². The van der Waals surface area contributed by atoms with Crippen molar-refractivity contribution in [1.29, 1.82) is 0 Å². The van der Waals surface area contributed by atoms with Crippen molar-refractivity contribution in [3.05, 3.63) is 88.4 Å². The van der Waals surface area contributed by atoms with Gasteiger partial charge in [-0.15, -0.1) is 11.6 Å². The van der Waals surface area contributed by atoms with E-state index in [-0.39, 0.29) is 0 Å². The van der Waals surface area contributed by atoms with E-state index in [2.05, 4.69) is 15.0 Å². The number of H-pyrrole nitrogens is 1. The minimum Gasteiger partial charge on any atom is -0.535 e. The van der Waals surface area contributed by atoms with Crippen LogP contribution in [-0.2, 0) is 27.4 Å². The second-order valence-electron chi connectivity index (χ2n) is 6.12. The molecule has 0 aliphatic carbocycles. The quantitative estimate of drug-likeness (QED) is 0.254. The molecular formula is C21H14N4O4Zn-2. The molecule has 3 rings (SSSR count). The molecule has 9 heteroatoms. The number of hydrogen-bond acceptors (Lipinski definition) is 4. The van der Waals surface area contributed by atoms with Gasteiger partial charge in [0, 0.05) is 0 Å². The average Bonchev–Trinajstić information content (AvgIpc) is 3.42. The number of nitrogens with zero attached hydrogens (tertiary/aromatic N) is 2. The van der Waals surface area contributed by atoms with Gasteiger partial charge in [0.1, 0.15) is 0 Å². The van der Waals surface area contributed by atoms with E-state index in [0.29, 0.717) is 11.4 Å². The molecule has 0 spiro atoms. The molecule has 0 bridgehead atoms. The fourth-order valence-electron chi connectivity index (χ4n) is 2.62. The summed E-state index contributed by atoms with van der Waals surface area (Å²) in [4.78, 5) is 33.8. The van der Waals surface area contributed by atoms with Crippen molar-refractivity contribution < 1.29 is 37.7 Å². The molecule has 0 unspecified atom stereocenters. The van der Waals surface area contributed by atoms with Crippen LogP contribution in [-0.4, -0.2) is 43.2 Å². The molecule has 2 aliphatic rings. The first kappa shape index (κ1) is 21.0. The maximum absolute atomic E-state index is 11.1. The topological polar surface area (TPSA) is 139 Å². The first-order valence-electron chi connectivity index (χ1n) is 8.66. The van der Waals surface area contributed by atoms with Crippen molar-refractivity contribution in [2.24, 2.45) is 9.98 Å². The monoisotopic (exact) mass is 450 g/mol. The van der Waals surface area contributed by atoms with Crippen LogP contribution in [0.5, 0.6) is 0 Å². The Bertz CT molecular complexity index is 1170. The third kappa shape index (κ3) is 5.42. The molecule has 3 heterocycles. The molecule has 4 N–H and O–H groups in total. The number of aliphatic carboxylic acids is 2. The van der Waals surface area contributed by atoms with Crippen LogP contribution in [0.3, 0.4) is 0 Å². The predicted octanol–water partition coefficient (Wildman–Crippen LogP) is 2.90. The summed E-state index contributed by atoms with van der Waals surface area (Å²) in [6.45, 7) is 0. The van der Waals surface area contributed by atoms with Crippen LogP contribution < -0.4 is 0 Å². The van der Waals surface area contributed by atoms with Gasteiger partial charge in [-0.2, -0.15) is 0 Å². The van der Waals surface area contributed by atoms with E-state index in [1.165, 1.54) is 6.08 Å². The Morgan fingerprint density at radius 3 is 2.27 bits per heavy atom. The Labute approximate surface area is 181 Å². The number of rotatable bonds is 7. The van der Waals surface area contributed by atoms with Crippen molar-refractivity contribution in [1.82, 2.24) is 4.98 Å². The van der Waals surface area contributed by atoms with E-state index in [4.69, 9.17) is 15.9 Å². The maximum Gasteiger partial charge on any atom is 0.268 e. The summed E-state index contributed by atoms with van der Waals surface area (Å²) in [6.07, 6.45) is 14.2. The molecule has 0 atom stereocenters. The molecule has 0 saturated carbocycles. The fraction of sp³-hybridized carbons (Fsp3) is 0. The standard InChI is InChI=1S/C21H15N4O4.Zn/c1-12-2-3-13(23-12)8-14-4-5-15(24-14)9-16-6-7-17(25-16)10-19(22)18(21(28)29)11-20(26)27;/h1-10H,(H5,22,23,24,25,26,27,28,29);/q-1;/p-1. The number of carboxylic acids is 2. The molecule has 0 aromatic carbocycles. The van der Waals surface area contributed by atoms with Crippen LogP contribution in [0.25, 0.3) is 17.9 Å². The van der Waals surface area contributed by atoms with Crippen LogP contribution in [0.1, 0.15) is 11.4 Å². The van der Waals surface area contributed by atoms with Gasteiger partial charge in [-0.1, -0.05) is 6.08 Å². The molecule has 0 fully saturated rings. The van der Waals surface area contributed by atoms with Gasteiger partial charge >= 0.3 is 120 Å². The summed E-state index contributed by atoms with van der Waals surface area (Å²) < 4.78 is 2.05. The summed E-state index contributed by atoms with van der Waals surface area (Å²) in [5.74, 6) is -3.09. The zero-order valence-corrected chi connectivity index (χ0v) is 18.6. The number of hydrogen-bond donors (Lipinski definition) is 3. The molecule has 0 radical (unpaired) electrons. The summed E-state index contributed by atoms with van der Waals surface area (Å²) in [5.41, 5.74) is 11.0. The summed E-state index contributed by atoms with van der Waals surface area (Å²) in [5, 5.41) is 17.7. The number of carbonyl (C=O) groups is 2. The summed E-state index contributed by atoms with van der Waals surface area (Å²) >= 11 is 1.05. The molecular weight excluding hydrogens is 438 g/mol. The van der Waals surface area contributed by atoms with Crippen LogP contribution >= 0.6 is 0 Å². The van der Waals surface area contributed by atoms with E-state index < -0.39 is 23.2 Å². The molecule has 30 heavy (non-hydrogen) atoms. The zero-order chi connectivity index (χ0) is 21.7. The molecule has 1 aromatic rings. The van der Waals surface area contributed by atoms with Gasteiger partial charge in [-0.05, 0) is 0 Å². The second-order valence-corrected chi connectivity index (χ2v) is 6.98. The number of aliphatic imine (C=N–C) groups is 2. The van der Waals surface area contributed by atoms with Crippen molar-refractivity contribution >= 4 is 40.1 Å². The minimum atomic E-state index is -1.55. The third-order valence-corrected chi connectivity index (χ3v) is 4.80. The maximum atomic E-state index is 11.1. The molecule has 0 saturated heterocycles. The largest absolute Gasteiger partial charge is 0.535 e. The molecule has 8 nitrogen and oxygen atoms in total. The van der Waals surface area contributed by atoms with Gasteiger partial charge < -0.3 is 20.7 Å². The van der Waals surface area contributed by atoms with Crippen molar-refractivity contribution in [3.63, 3.8) is 0 Å². The van der Waals surface area contributed by atoms with Crippen LogP contribution in [0.15, 0.2) is 75.2 Å². The molecule has 2 aliphatic heterocycles. The summed E-state index contributed by atoms with van der Waals surface area (Å²) in [6, 6.07) is 3.39. The fourth-order valence-corrected chi connectivity index (χ4v) is 3.10. The van der Waals surface area contributed by atoms with Gasteiger partial charge in [0.25, 0.3) is 5.97 Å². The Morgan fingerprint density at radius 1 is 1.00 bits per heavy atom. The zero-order valence-electron chi connectivity index (χ0n) is 15.6. The van der Waals surface area contributed by atoms with Crippen LogP contribution in [0.4, 0.5) is 0 Å². The van der Waals surface area contributed by atoms with E-state index >= 15 is 0 Å². The molecule has 0 amide bonds. The average molecular weight is 452 g/mol. The van der Waals surface area contributed by atoms with E-state index in [1.807, 2.05) is 35.0 Å². The first-order valence-corrected chi connectivity index (χ1v) is 10.4. The van der Waals surface area contributed by atoms with Crippen molar-refractivity contribution in [3.8, 4) is 0 Å². The Kier molecular flexibility index (Phi) is 6.44. The van der Waals surface area contributed by atoms with Gasteiger partial charge in [0.2, 0.25) is 5.97 Å². The van der Waals surface area contributed by atoms with Gasteiger partial charge in [0.15, 0.2) is 0 Å². The Morgan fingerprint density at radius 2 is 1.63 bits per heavy atom. The van der Waals surface area contributed by atoms with Gasteiger partial charge in [-0.25, -0.2) is 5.70 Å². The molecule has 1 aromatic heterocycles. The van der Waals surface area contributed by atoms with E-state index in [9.17, 15) is 9.59 Å². The van der Waals surface area contributed by atoms with Crippen molar-refractivity contribution in [2.75, 3.05) is 0 Å². The minimum absolute atomic E-state index is 0.447. The number of allylic oxidation sites excluding steroid dienone is 5. The second kappa shape index (κ2) is 9.19. The Balaban J connectivity index is 1.77. The SMILES string of the molecule is [NH-]C(=Cc1ccc(C=C2C=CC(C=C3C=CC([CH]=[Zn])=N3)=N2)[nH]1)C(=[C-]C(=O)O)C(=O)O. The van der Waals surface area contributed by atoms with Crippen LogP contribution in [0.2, 0.25) is 0 Å². The summed E-state index contributed by atoms with van der Waals surface area (Å²) in [7, 11) is 0. The number of carboxylic acid groups (broad SMARTS) is 2. The smallest absolute Gasteiger partial charge is 0.268 e. The predicted molar refractivity (Wildman–Crippen MR) is 110 cm³/mol.